The summed E-state index contributed by atoms with van der Waals surface area (Å²) in [4.78, 5) is 9.82. The number of unbranched alkanes of at least 4 members (excludes halogenated alkanes) is 3. The Kier molecular flexibility index (Phi) is 31.1. The number of esters is 1. The van der Waals surface area contributed by atoms with Crippen molar-refractivity contribution in [2.24, 2.45) is 0 Å². The molecular formula is C13H30O3. The molecule has 16 heavy (non-hydrogen) atoms. The van der Waals surface area contributed by atoms with E-state index >= 15 is 0 Å². The van der Waals surface area contributed by atoms with E-state index in [0.717, 1.165) is 6.42 Å². The van der Waals surface area contributed by atoms with Gasteiger partial charge >= 0.3 is 5.97 Å². The lowest BCUT2D eigenvalue weighted by Crippen LogP contribution is -1.95. The maximum Gasteiger partial charge on any atom is 0.302 e. The van der Waals surface area contributed by atoms with Crippen molar-refractivity contribution < 1.29 is 14.6 Å². The third-order valence-electron chi connectivity index (χ3n) is 1.53. The predicted octanol–water partition coefficient (Wildman–Crippen LogP) is 3.54. The number of aliphatic hydroxyl groups excluding tert-OH is 1. The number of carbonyl (C=O) groups is 1. The molecule has 1 N–H and O–H groups in total. The van der Waals surface area contributed by atoms with Gasteiger partial charge in [0.05, 0.1) is 6.61 Å². The fourth-order valence-electron chi connectivity index (χ4n) is 0.703. The van der Waals surface area contributed by atoms with Gasteiger partial charge in [-0.15, -0.1) is 0 Å². The molecule has 3 heteroatoms. The van der Waals surface area contributed by atoms with E-state index in [-0.39, 0.29) is 5.97 Å². The number of ether oxygens (including phenoxy) is 1. The highest BCUT2D eigenvalue weighted by molar-refractivity contribution is 5.65. The lowest BCUT2D eigenvalue weighted by molar-refractivity contribution is -0.140. The van der Waals surface area contributed by atoms with Crippen molar-refractivity contribution in [3.63, 3.8) is 0 Å². The van der Waals surface area contributed by atoms with Crippen molar-refractivity contribution in [2.45, 2.75) is 66.7 Å². The van der Waals surface area contributed by atoms with E-state index in [1.807, 2.05) is 6.92 Å². The third-order valence-corrected chi connectivity index (χ3v) is 1.53. The smallest absolute Gasteiger partial charge is 0.302 e. The maximum absolute atomic E-state index is 9.82. The highest BCUT2D eigenvalue weighted by atomic mass is 16.5. The molecule has 3 nitrogen and oxygen atoms in total. The largest absolute Gasteiger partial charge is 0.466 e. The van der Waals surface area contributed by atoms with Gasteiger partial charge in [-0.3, -0.25) is 4.79 Å². The monoisotopic (exact) mass is 234 g/mol. The average molecular weight is 234 g/mol. The molecule has 0 spiro atoms. The fourth-order valence-corrected chi connectivity index (χ4v) is 0.703. The first-order valence-electron chi connectivity index (χ1n) is 6.34. The Bertz CT molecular complexity index is 108. The highest BCUT2D eigenvalue weighted by Gasteiger charge is 1.81. The zero-order valence-corrected chi connectivity index (χ0v) is 11.7. The summed E-state index contributed by atoms with van der Waals surface area (Å²) in [5.41, 5.74) is 0. The molecule has 0 amide bonds. The van der Waals surface area contributed by atoms with Gasteiger partial charge in [0.1, 0.15) is 0 Å². The first kappa shape index (κ1) is 20.8. The molecule has 0 heterocycles. The highest BCUT2D eigenvalue weighted by Crippen LogP contribution is 1.95. The van der Waals surface area contributed by atoms with Crippen LogP contribution in [-0.4, -0.2) is 24.3 Å². The number of hydrogen-bond acceptors (Lipinski definition) is 3. The summed E-state index contributed by atoms with van der Waals surface area (Å²) in [6.07, 6.45) is 6.41. The van der Waals surface area contributed by atoms with Crippen LogP contribution in [0.4, 0.5) is 0 Å². The van der Waals surface area contributed by atoms with Crippen LogP contribution in [0, 0.1) is 0 Å². The Morgan fingerprint density at radius 3 is 1.44 bits per heavy atom. The van der Waals surface area contributed by atoms with Crippen LogP contribution in [0.25, 0.3) is 0 Å². The van der Waals surface area contributed by atoms with Crippen LogP contribution in [0.5, 0.6) is 0 Å². The van der Waals surface area contributed by atoms with Gasteiger partial charge in [-0.25, -0.2) is 0 Å². The van der Waals surface area contributed by atoms with Crippen molar-refractivity contribution in [3.05, 3.63) is 0 Å². The zero-order valence-electron chi connectivity index (χ0n) is 11.7. The number of carbonyl (C=O) groups excluding carboxylic acids is 1. The van der Waals surface area contributed by atoms with Crippen LogP contribution in [0.2, 0.25) is 0 Å². The number of hydrogen-bond donors (Lipinski definition) is 1. The third kappa shape index (κ3) is 50.2. The van der Waals surface area contributed by atoms with Crippen molar-refractivity contribution in [1.29, 1.82) is 0 Å². The lowest BCUT2D eigenvalue weighted by atomic mass is 10.2. The van der Waals surface area contributed by atoms with Crippen LogP contribution in [0.15, 0.2) is 0 Å². The fraction of sp³-hybridized carbons (Fsp3) is 0.923. The molecule has 0 aromatic carbocycles. The van der Waals surface area contributed by atoms with Gasteiger partial charge in [-0.05, 0) is 13.3 Å². The quantitative estimate of drug-likeness (QED) is 0.584. The molecule has 0 unspecified atom stereocenters. The van der Waals surface area contributed by atoms with Gasteiger partial charge in [0.25, 0.3) is 0 Å². The van der Waals surface area contributed by atoms with Crippen molar-refractivity contribution in [1.82, 2.24) is 0 Å². The van der Waals surface area contributed by atoms with Gasteiger partial charge in [0, 0.05) is 13.5 Å². The summed E-state index contributed by atoms with van der Waals surface area (Å²) >= 11 is 0. The average Bonchev–Trinajstić information content (AvgIpc) is 2.27. The topological polar surface area (TPSA) is 46.5 Å². The Balaban J connectivity index is -0.000000162. The number of aliphatic hydroxyl groups is 1. The minimum absolute atomic E-state index is 0.211. The molecule has 0 atom stereocenters. The zero-order chi connectivity index (χ0) is 13.2. The molecule has 0 aliphatic heterocycles. The van der Waals surface area contributed by atoms with E-state index in [1.54, 1.807) is 6.92 Å². The minimum atomic E-state index is -0.211. The van der Waals surface area contributed by atoms with Crippen molar-refractivity contribution in [3.8, 4) is 0 Å². The Morgan fingerprint density at radius 1 is 1.00 bits per heavy atom. The van der Waals surface area contributed by atoms with Crippen LogP contribution in [0.3, 0.4) is 0 Å². The van der Waals surface area contributed by atoms with Gasteiger partial charge in [-0.1, -0.05) is 46.5 Å². The molecule has 0 saturated heterocycles. The van der Waals surface area contributed by atoms with Crippen LogP contribution in [-0.2, 0) is 9.53 Å². The normalized spacial score (nSPS) is 8.12. The summed E-state index contributed by atoms with van der Waals surface area (Å²) in [7, 11) is 0. The Labute approximate surface area is 101 Å². The van der Waals surface area contributed by atoms with Gasteiger partial charge in [0.15, 0.2) is 0 Å². The van der Waals surface area contributed by atoms with E-state index in [2.05, 4.69) is 18.6 Å². The van der Waals surface area contributed by atoms with Crippen LogP contribution in [0.1, 0.15) is 66.7 Å². The standard InChI is InChI=1S/C6H14.C4H8O2.C3H8O/c1-3-5-6-4-2;1-3-6-4(2)5;1-2-3-4/h3-6H2,1-2H3;3H2,1-2H3;4H,2-3H2,1H3. The van der Waals surface area contributed by atoms with Gasteiger partial charge < -0.3 is 9.84 Å². The van der Waals surface area contributed by atoms with E-state index in [9.17, 15) is 4.79 Å². The molecule has 0 bridgehead atoms. The first-order chi connectivity index (χ1) is 7.60. The Hall–Kier alpha value is -0.570. The minimum Gasteiger partial charge on any atom is -0.466 e. The molecule has 100 valence electrons. The molecule has 0 fully saturated rings. The van der Waals surface area contributed by atoms with E-state index in [4.69, 9.17) is 5.11 Å². The molecule has 0 aromatic rings. The molecular weight excluding hydrogens is 204 g/mol. The molecule has 0 aliphatic rings. The van der Waals surface area contributed by atoms with Crippen LogP contribution >= 0.6 is 0 Å². The molecule has 0 aromatic heterocycles. The summed E-state index contributed by atoms with van der Waals surface area (Å²) in [6, 6.07) is 0. The van der Waals surface area contributed by atoms with Crippen LogP contribution < -0.4 is 0 Å². The van der Waals surface area contributed by atoms with Gasteiger partial charge in [-0.2, -0.15) is 0 Å². The summed E-state index contributed by atoms with van der Waals surface area (Å²) in [6.45, 7) is 10.4. The second kappa shape index (κ2) is 23.9. The summed E-state index contributed by atoms with van der Waals surface area (Å²) < 4.78 is 4.40. The maximum atomic E-state index is 9.82. The van der Waals surface area contributed by atoms with E-state index < -0.39 is 0 Å². The molecule has 0 saturated carbocycles. The summed E-state index contributed by atoms with van der Waals surface area (Å²) in [5.74, 6) is -0.211. The second-order valence-corrected chi connectivity index (χ2v) is 3.36. The lowest BCUT2D eigenvalue weighted by Gasteiger charge is -1.89. The van der Waals surface area contributed by atoms with Gasteiger partial charge in [0.2, 0.25) is 0 Å². The second-order valence-electron chi connectivity index (χ2n) is 3.36. The first-order valence-corrected chi connectivity index (χ1v) is 6.34. The molecule has 0 radical (unpaired) electrons. The summed E-state index contributed by atoms with van der Waals surface area (Å²) in [5, 5.41) is 7.88. The van der Waals surface area contributed by atoms with Crippen molar-refractivity contribution >= 4 is 5.97 Å². The Morgan fingerprint density at radius 2 is 1.38 bits per heavy atom. The van der Waals surface area contributed by atoms with E-state index in [0.29, 0.717) is 13.2 Å². The SMILES string of the molecule is CCCCCC.CCCO.CCOC(C)=O. The number of rotatable bonds is 5. The predicted molar refractivity (Wildman–Crippen MR) is 69.5 cm³/mol. The van der Waals surface area contributed by atoms with Crippen molar-refractivity contribution in [2.75, 3.05) is 13.2 Å². The molecule has 0 aliphatic carbocycles. The molecule has 0 rings (SSSR count). The van der Waals surface area contributed by atoms with E-state index in [1.165, 1.54) is 32.6 Å².